The monoisotopic (exact) mass is 325 g/mol. The third-order valence-electron chi connectivity index (χ3n) is 3.69. The smallest absolute Gasteiger partial charge is 0.237 e. The van der Waals surface area contributed by atoms with Gasteiger partial charge in [0, 0.05) is 0 Å². The first-order valence-electron chi connectivity index (χ1n) is 8.91. The predicted octanol–water partition coefficient (Wildman–Crippen LogP) is 4.96. The van der Waals surface area contributed by atoms with Gasteiger partial charge in [-0.15, -0.1) is 0 Å². The third-order valence-corrected chi connectivity index (χ3v) is 3.69. The molecule has 0 spiro atoms. The fourth-order valence-corrected chi connectivity index (χ4v) is 1.99. The average Bonchev–Trinajstić information content (AvgIpc) is 2.37. The lowest BCUT2D eigenvalue weighted by Crippen LogP contribution is -2.44. The first-order valence-corrected chi connectivity index (χ1v) is 8.91. The highest BCUT2D eigenvalue weighted by Crippen LogP contribution is 2.21. The highest BCUT2D eigenvalue weighted by atomic mass is 16.5. The van der Waals surface area contributed by atoms with Crippen LogP contribution in [0.3, 0.4) is 0 Å². The van der Waals surface area contributed by atoms with E-state index in [0.717, 1.165) is 0 Å². The summed E-state index contributed by atoms with van der Waals surface area (Å²) in [5.41, 5.74) is 0.168. The summed E-state index contributed by atoms with van der Waals surface area (Å²) in [6.45, 7) is 22.6. The molecule has 1 N–H and O–H groups in total. The van der Waals surface area contributed by atoms with E-state index in [1.165, 1.54) is 12.8 Å². The van der Waals surface area contributed by atoms with Crippen molar-refractivity contribution in [3.05, 3.63) is 12.3 Å². The molecule has 0 aliphatic carbocycles. The second kappa shape index (κ2) is 8.86. The maximum atomic E-state index is 6.00. The molecule has 0 amide bonds. The van der Waals surface area contributed by atoms with Crippen LogP contribution in [-0.4, -0.2) is 34.7 Å². The van der Waals surface area contributed by atoms with Crippen LogP contribution in [0.5, 0.6) is 0 Å². The molecule has 3 nitrogen and oxygen atoms in total. The number of rotatable bonds is 8. The van der Waals surface area contributed by atoms with Crippen molar-refractivity contribution in [3.63, 3.8) is 0 Å². The van der Waals surface area contributed by atoms with Crippen LogP contribution in [0.15, 0.2) is 12.3 Å². The first kappa shape index (κ1) is 22.2. The van der Waals surface area contributed by atoms with Crippen LogP contribution in [-0.2, 0) is 4.74 Å². The molecular weight excluding hydrogens is 284 g/mol. The van der Waals surface area contributed by atoms with Gasteiger partial charge < -0.3 is 4.74 Å². The summed E-state index contributed by atoms with van der Waals surface area (Å²) in [5, 5.41) is 3.54. The number of nitrogens with one attached hydrogen (secondary N) is 1. The minimum atomic E-state index is -0.119. The van der Waals surface area contributed by atoms with E-state index in [-0.39, 0.29) is 11.1 Å². The molecule has 0 aromatic rings. The number of hydrogen-bond acceptors (Lipinski definition) is 1. The van der Waals surface area contributed by atoms with E-state index in [4.69, 9.17) is 4.74 Å². The van der Waals surface area contributed by atoms with Crippen LogP contribution in [0.4, 0.5) is 0 Å². The number of hydrogen-bond donors (Lipinski definition) is 1. The van der Waals surface area contributed by atoms with E-state index in [1.54, 1.807) is 0 Å². The molecule has 0 aliphatic rings. The zero-order valence-electron chi connectivity index (χ0n) is 17.3. The van der Waals surface area contributed by atoms with E-state index in [1.807, 2.05) is 6.92 Å². The van der Waals surface area contributed by atoms with E-state index in [9.17, 15) is 0 Å². The Morgan fingerprint density at radius 1 is 1.04 bits per heavy atom. The van der Waals surface area contributed by atoms with Crippen LogP contribution in [0, 0.1) is 5.41 Å². The lowest BCUT2D eigenvalue weighted by molar-refractivity contribution is -0.543. The van der Waals surface area contributed by atoms with Crippen molar-refractivity contribution in [3.8, 4) is 0 Å². The van der Waals surface area contributed by atoms with Crippen molar-refractivity contribution in [1.29, 1.82) is 0 Å². The summed E-state index contributed by atoms with van der Waals surface area (Å²) >= 11 is 0. The molecule has 0 saturated heterocycles. The van der Waals surface area contributed by atoms with Crippen molar-refractivity contribution in [2.75, 3.05) is 6.61 Å². The number of allylic oxidation sites excluding steroid dienone is 1. The maximum Gasteiger partial charge on any atom is 0.237 e. The van der Waals surface area contributed by atoms with Gasteiger partial charge in [-0.25, -0.2) is 4.58 Å². The minimum absolute atomic E-state index is 0.101. The van der Waals surface area contributed by atoms with Gasteiger partial charge >= 0.3 is 0 Å². The predicted molar refractivity (Wildman–Crippen MR) is 102 cm³/mol. The molecule has 0 aliphatic heterocycles. The van der Waals surface area contributed by atoms with E-state index in [2.05, 4.69) is 90.8 Å². The number of ether oxygens (including phenoxy) is 1. The molecule has 0 bridgehead atoms. The third kappa shape index (κ3) is 11.4. The van der Waals surface area contributed by atoms with Gasteiger partial charge in [-0.05, 0) is 72.8 Å². The van der Waals surface area contributed by atoms with Gasteiger partial charge in [0.05, 0.1) is 24.4 Å². The van der Waals surface area contributed by atoms with Gasteiger partial charge in [-0.1, -0.05) is 20.8 Å². The molecule has 0 saturated carbocycles. The fraction of sp³-hybridized carbons (Fsp3) is 0.850. The molecule has 3 heteroatoms. The summed E-state index contributed by atoms with van der Waals surface area (Å²) in [7, 11) is 0. The Balaban J connectivity index is 4.81. The number of nitrogens with zero attached hydrogens (tertiary/aromatic N) is 1. The van der Waals surface area contributed by atoms with Gasteiger partial charge in [0.15, 0.2) is 0 Å². The molecule has 0 heterocycles. The van der Waals surface area contributed by atoms with E-state index >= 15 is 0 Å². The Morgan fingerprint density at radius 2 is 1.61 bits per heavy atom. The molecular formula is C20H41N2O+. The second-order valence-corrected chi connectivity index (χ2v) is 9.40. The maximum absolute atomic E-state index is 6.00. The summed E-state index contributed by atoms with van der Waals surface area (Å²) in [6, 6.07) is 0.460. The molecule has 0 rings (SSSR count). The van der Waals surface area contributed by atoms with Gasteiger partial charge in [0.2, 0.25) is 6.34 Å². The summed E-state index contributed by atoms with van der Waals surface area (Å²) in [6.07, 6.45) is 8.66. The average molecular weight is 326 g/mol. The van der Waals surface area contributed by atoms with Crippen molar-refractivity contribution in [2.24, 2.45) is 5.41 Å². The van der Waals surface area contributed by atoms with Crippen LogP contribution < -0.4 is 5.32 Å². The van der Waals surface area contributed by atoms with Crippen LogP contribution in [0.1, 0.15) is 82.1 Å². The zero-order chi connectivity index (χ0) is 18.3. The Kier molecular flexibility index (Phi) is 8.54. The lowest BCUT2D eigenvalue weighted by atomic mass is 9.89. The van der Waals surface area contributed by atoms with Gasteiger partial charge in [-0.2, -0.15) is 0 Å². The standard InChI is InChI=1S/C20H40N2O/c1-11-14-22(20(9,10)15-23-19(6,7)8)16-21-17(2)12-13-18(3,4)5/h11,14,16-17H,12-13,15H2,1-10H3/p+1/b14-11-. The Hall–Kier alpha value is -0.830. The highest BCUT2D eigenvalue weighted by Gasteiger charge is 2.28. The van der Waals surface area contributed by atoms with Gasteiger partial charge in [-0.3, -0.25) is 5.32 Å². The largest absolute Gasteiger partial charge is 0.371 e. The van der Waals surface area contributed by atoms with E-state index < -0.39 is 0 Å². The molecule has 23 heavy (non-hydrogen) atoms. The summed E-state index contributed by atoms with van der Waals surface area (Å²) in [5.74, 6) is 0. The quantitative estimate of drug-likeness (QED) is 0.387. The summed E-state index contributed by atoms with van der Waals surface area (Å²) in [4.78, 5) is 0. The van der Waals surface area contributed by atoms with Crippen LogP contribution in [0.2, 0.25) is 0 Å². The van der Waals surface area contributed by atoms with Crippen molar-refractivity contribution in [2.45, 2.75) is 99.3 Å². The molecule has 0 aromatic heterocycles. The summed E-state index contributed by atoms with van der Waals surface area (Å²) < 4.78 is 8.21. The van der Waals surface area contributed by atoms with Gasteiger partial charge in [0.25, 0.3) is 0 Å². The van der Waals surface area contributed by atoms with E-state index in [0.29, 0.717) is 18.1 Å². The molecule has 136 valence electrons. The highest BCUT2D eigenvalue weighted by molar-refractivity contribution is 5.49. The Bertz CT molecular complexity index is 395. The second-order valence-electron chi connectivity index (χ2n) is 9.40. The topological polar surface area (TPSA) is 24.3 Å². The molecule has 1 atom stereocenters. The SMILES string of the molecule is C/C=C\[N+](=CNC(C)CCC(C)(C)C)C(C)(C)COC(C)(C)C. The lowest BCUT2D eigenvalue weighted by Gasteiger charge is -2.29. The first-order chi connectivity index (χ1) is 10.3. The molecule has 0 aromatic carbocycles. The Morgan fingerprint density at radius 3 is 2.04 bits per heavy atom. The minimum Gasteiger partial charge on any atom is -0.371 e. The van der Waals surface area contributed by atoms with Crippen molar-refractivity contribution < 1.29 is 9.31 Å². The molecule has 0 fully saturated rings. The zero-order valence-corrected chi connectivity index (χ0v) is 17.3. The van der Waals surface area contributed by atoms with Crippen LogP contribution in [0.25, 0.3) is 0 Å². The van der Waals surface area contributed by atoms with Crippen molar-refractivity contribution >= 4 is 6.34 Å². The fourth-order valence-electron chi connectivity index (χ4n) is 1.99. The molecule has 1 unspecified atom stereocenters. The Labute approximate surface area is 145 Å². The normalized spacial score (nSPS) is 16.0. The van der Waals surface area contributed by atoms with Gasteiger partial charge in [0.1, 0.15) is 5.54 Å². The molecule has 0 radical (unpaired) electrons. The van der Waals surface area contributed by atoms with Crippen molar-refractivity contribution in [1.82, 2.24) is 5.32 Å². The van der Waals surface area contributed by atoms with Crippen LogP contribution >= 0.6 is 0 Å².